The second-order valence-corrected chi connectivity index (χ2v) is 5.83. The average Bonchev–Trinajstić information content (AvgIpc) is 2.45. The first-order valence-corrected chi connectivity index (χ1v) is 7.45. The van der Waals surface area contributed by atoms with Crippen molar-refractivity contribution in [3.63, 3.8) is 0 Å². The van der Waals surface area contributed by atoms with Crippen LogP contribution in [0.25, 0.3) is 0 Å². The fraction of sp³-hybridized carbons (Fsp3) is 0.133. The maximum atomic E-state index is 12.5. The summed E-state index contributed by atoms with van der Waals surface area (Å²) in [6, 6.07) is 8.64. The second kappa shape index (κ2) is 6.89. The number of hydrogen-bond donors (Lipinski definition) is 0. The van der Waals surface area contributed by atoms with E-state index < -0.39 is 0 Å². The van der Waals surface area contributed by atoms with E-state index in [1.165, 1.54) is 6.07 Å². The largest absolute Gasteiger partial charge is 0.496 e. The van der Waals surface area contributed by atoms with Gasteiger partial charge in [0.05, 0.1) is 32.8 Å². The number of ketones is 1. The van der Waals surface area contributed by atoms with Crippen molar-refractivity contribution in [1.82, 2.24) is 0 Å². The third kappa shape index (κ3) is 3.46. The standard InChI is InChI=1S/C15H10Cl4O2/c1-21-12-5-3-2-4-8(12)6-11(20)13-9(16)7-10(17)14(18)15(13)19/h2-5,7H,6H2,1H3. The van der Waals surface area contributed by atoms with Crippen molar-refractivity contribution >= 4 is 52.2 Å². The van der Waals surface area contributed by atoms with Crippen LogP contribution in [0.5, 0.6) is 5.75 Å². The minimum Gasteiger partial charge on any atom is -0.496 e. The van der Waals surface area contributed by atoms with Crippen LogP contribution in [0.3, 0.4) is 0 Å². The molecular weight excluding hydrogens is 354 g/mol. The predicted octanol–water partition coefficient (Wildman–Crippen LogP) is 5.73. The van der Waals surface area contributed by atoms with Gasteiger partial charge >= 0.3 is 0 Å². The fourth-order valence-electron chi connectivity index (χ4n) is 1.93. The molecule has 2 aromatic carbocycles. The first kappa shape index (κ1) is 16.4. The van der Waals surface area contributed by atoms with Crippen LogP contribution >= 0.6 is 46.4 Å². The Labute approximate surface area is 142 Å². The van der Waals surface area contributed by atoms with Gasteiger partial charge < -0.3 is 4.74 Å². The predicted molar refractivity (Wildman–Crippen MR) is 87.5 cm³/mol. The van der Waals surface area contributed by atoms with E-state index in [4.69, 9.17) is 51.1 Å². The molecule has 2 aromatic rings. The molecule has 2 rings (SSSR count). The van der Waals surface area contributed by atoms with Gasteiger partial charge in [0.25, 0.3) is 0 Å². The minimum absolute atomic E-state index is 0.0639. The summed E-state index contributed by atoms with van der Waals surface area (Å²) in [5.74, 6) is 0.367. The van der Waals surface area contributed by atoms with Gasteiger partial charge in [-0.2, -0.15) is 0 Å². The highest BCUT2D eigenvalue weighted by atomic mass is 35.5. The van der Waals surface area contributed by atoms with Crippen molar-refractivity contribution in [2.75, 3.05) is 7.11 Å². The molecule has 0 atom stereocenters. The molecule has 110 valence electrons. The lowest BCUT2D eigenvalue weighted by atomic mass is 10.0. The summed E-state index contributed by atoms with van der Waals surface area (Å²) < 4.78 is 5.22. The van der Waals surface area contributed by atoms with E-state index in [0.29, 0.717) is 5.75 Å². The van der Waals surface area contributed by atoms with Crippen molar-refractivity contribution in [1.29, 1.82) is 0 Å². The number of ether oxygens (including phenoxy) is 1. The van der Waals surface area contributed by atoms with Gasteiger partial charge in [-0.3, -0.25) is 4.79 Å². The Morgan fingerprint density at radius 3 is 2.38 bits per heavy atom. The highest BCUT2D eigenvalue weighted by molar-refractivity contribution is 6.51. The lowest BCUT2D eigenvalue weighted by molar-refractivity contribution is 0.0992. The van der Waals surface area contributed by atoms with Crippen LogP contribution < -0.4 is 4.74 Å². The summed E-state index contributed by atoms with van der Waals surface area (Å²) in [5, 5.41) is 0.565. The van der Waals surface area contributed by atoms with Crippen LogP contribution in [0.4, 0.5) is 0 Å². The zero-order valence-corrected chi connectivity index (χ0v) is 13.9. The van der Waals surface area contributed by atoms with Crippen molar-refractivity contribution in [2.45, 2.75) is 6.42 Å². The van der Waals surface area contributed by atoms with E-state index in [0.717, 1.165) is 5.56 Å². The smallest absolute Gasteiger partial charge is 0.170 e. The first-order chi connectivity index (χ1) is 9.95. The zero-order valence-electron chi connectivity index (χ0n) is 10.9. The molecule has 0 amide bonds. The van der Waals surface area contributed by atoms with Crippen LogP contribution in [0.1, 0.15) is 15.9 Å². The number of para-hydroxylation sites is 1. The van der Waals surface area contributed by atoms with Gasteiger partial charge in [0, 0.05) is 12.0 Å². The Kier molecular flexibility index (Phi) is 5.39. The van der Waals surface area contributed by atoms with Gasteiger partial charge in [-0.1, -0.05) is 64.6 Å². The van der Waals surface area contributed by atoms with E-state index in [1.54, 1.807) is 19.2 Å². The summed E-state index contributed by atoms with van der Waals surface area (Å²) >= 11 is 24.0. The van der Waals surface area contributed by atoms with Crippen molar-refractivity contribution < 1.29 is 9.53 Å². The highest BCUT2D eigenvalue weighted by Gasteiger charge is 2.21. The normalized spacial score (nSPS) is 10.5. The maximum absolute atomic E-state index is 12.5. The zero-order chi connectivity index (χ0) is 15.6. The summed E-state index contributed by atoms with van der Waals surface area (Å²) in [6.45, 7) is 0. The monoisotopic (exact) mass is 362 g/mol. The number of carbonyl (C=O) groups excluding carboxylic acids is 1. The maximum Gasteiger partial charge on any atom is 0.170 e. The average molecular weight is 364 g/mol. The Morgan fingerprint density at radius 1 is 1.05 bits per heavy atom. The SMILES string of the molecule is COc1ccccc1CC(=O)c1c(Cl)cc(Cl)c(Cl)c1Cl. The molecule has 0 aliphatic carbocycles. The highest BCUT2D eigenvalue weighted by Crippen LogP contribution is 2.38. The number of hydrogen-bond acceptors (Lipinski definition) is 2. The van der Waals surface area contributed by atoms with E-state index in [-0.39, 0.29) is 37.9 Å². The molecule has 0 aliphatic rings. The molecule has 0 saturated carbocycles. The third-order valence-electron chi connectivity index (χ3n) is 2.94. The Morgan fingerprint density at radius 2 is 1.71 bits per heavy atom. The Balaban J connectivity index is 2.40. The van der Waals surface area contributed by atoms with Crippen molar-refractivity contribution in [2.24, 2.45) is 0 Å². The summed E-state index contributed by atoms with van der Waals surface area (Å²) in [6.07, 6.45) is 0.0986. The van der Waals surface area contributed by atoms with Gasteiger partial charge in [-0.15, -0.1) is 0 Å². The lowest BCUT2D eigenvalue weighted by Gasteiger charge is -2.11. The van der Waals surface area contributed by atoms with Gasteiger partial charge in [-0.05, 0) is 12.1 Å². The van der Waals surface area contributed by atoms with Gasteiger partial charge in [0.2, 0.25) is 0 Å². The van der Waals surface area contributed by atoms with Crippen LogP contribution in [-0.4, -0.2) is 12.9 Å². The van der Waals surface area contributed by atoms with Crippen LogP contribution in [0.15, 0.2) is 30.3 Å². The molecule has 0 bridgehead atoms. The molecule has 0 saturated heterocycles. The van der Waals surface area contributed by atoms with Crippen LogP contribution in [-0.2, 0) is 6.42 Å². The molecule has 6 heteroatoms. The van der Waals surface area contributed by atoms with Crippen LogP contribution in [0.2, 0.25) is 20.1 Å². The number of carbonyl (C=O) groups is 1. The molecule has 0 aliphatic heterocycles. The van der Waals surface area contributed by atoms with Gasteiger partial charge in [0.1, 0.15) is 5.75 Å². The minimum atomic E-state index is -0.256. The molecule has 0 spiro atoms. The van der Waals surface area contributed by atoms with Gasteiger partial charge in [-0.25, -0.2) is 0 Å². The number of methoxy groups -OCH3 is 1. The Hall–Kier alpha value is -0.930. The molecule has 0 radical (unpaired) electrons. The topological polar surface area (TPSA) is 26.3 Å². The quantitative estimate of drug-likeness (QED) is 0.393. The third-order valence-corrected chi connectivity index (χ3v) is 4.50. The molecule has 0 N–H and O–H groups in total. The summed E-state index contributed by atoms with van der Waals surface area (Å²) in [5.41, 5.74) is 0.904. The lowest BCUT2D eigenvalue weighted by Crippen LogP contribution is -2.07. The molecule has 2 nitrogen and oxygen atoms in total. The number of benzene rings is 2. The number of rotatable bonds is 4. The molecule has 0 heterocycles. The summed E-state index contributed by atoms with van der Waals surface area (Å²) in [7, 11) is 1.54. The molecule has 0 aromatic heterocycles. The van der Waals surface area contributed by atoms with Crippen molar-refractivity contribution in [3.8, 4) is 5.75 Å². The van der Waals surface area contributed by atoms with E-state index in [9.17, 15) is 4.79 Å². The molecule has 0 unspecified atom stereocenters. The van der Waals surface area contributed by atoms with E-state index >= 15 is 0 Å². The molecular formula is C15H10Cl4O2. The number of Topliss-reactive ketones (excluding diaryl/α,β-unsaturated/α-hetero) is 1. The van der Waals surface area contributed by atoms with Crippen molar-refractivity contribution in [3.05, 3.63) is 61.5 Å². The van der Waals surface area contributed by atoms with Gasteiger partial charge in [0.15, 0.2) is 5.78 Å². The molecule has 21 heavy (non-hydrogen) atoms. The summed E-state index contributed by atoms with van der Waals surface area (Å²) in [4.78, 5) is 12.5. The second-order valence-electron chi connectivity index (χ2n) is 4.25. The Bertz CT molecular complexity index is 698. The first-order valence-electron chi connectivity index (χ1n) is 5.93. The fourth-order valence-corrected chi connectivity index (χ4v) is 3.06. The van der Waals surface area contributed by atoms with E-state index in [1.807, 2.05) is 12.1 Å². The number of halogens is 4. The van der Waals surface area contributed by atoms with Crippen LogP contribution in [0, 0.1) is 0 Å². The molecule has 0 fully saturated rings. The van der Waals surface area contributed by atoms with E-state index in [2.05, 4.69) is 0 Å².